The zero-order valence-electron chi connectivity index (χ0n) is 10.6. The molecule has 0 saturated heterocycles. The van der Waals surface area contributed by atoms with Crippen LogP contribution in [0.25, 0.3) is 11.3 Å². The van der Waals surface area contributed by atoms with Crippen LogP contribution in [0.2, 0.25) is 0 Å². The minimum absolute atomic E-state index is 0.451. The van der Waals surface area contributed by atoms with Gasteiger partial charge in [0, 0.05) is 11.6 Å². The summed E-state index contributed by atoms with van der Waals surface area (Å²) in [6, 6.07) is 7.33. The van der Waals surface area contributed by atoms with Crippen LogP contribution in [-0.4, -0.2) is 24.2 Å². The van der Waals surface area contributed by atoms with Gasteiger partial charge in [0.15, 0.2) is 11.5 Å². The fraction of sp³-hybridized carbons (Fsp3) is 0.231. The molecule has 0 unspecified atom stereocenters. The van der Waals surface area contributed by atoms with Crippen molar-refractivity contribution in [1.29, 1.82) is 0 Å². The zero-order chi connectivity index (χ0) is 13.1. The van der Waals surface area contributed by atoms with Gasteiger partial charge in [0.1, 0.15) is 11.6 Å². The molecule has 1 aromatic carbocycles. The number of nitrogens with zero attached hydrogens (tertiary/aromatic N) is 2. The number of aryl methyl sites for hydroxylation is 1. The van der Waals surface area contributed by atoms with E-state index in [4.69, 9.17) is 15.2 Å². The van der Waals surface area contributed by atoms with Crippen molar-refractivity contribution in [3.05, 3.63) is 30.1 Å². The summed E-state index contributed by atoms with van der Waals surface area (Å²) in [6.45, 7) is 1.81. The van der Waals surface area contributed by atoms with E-state index in [1.807, 2.05) is 18.2 Å². The van der Waals surface area contributed by atoms with E-state index in [0.717, 1.165) is 11.3 Å². The van der Waals surface area contributed by atoms with E-state index in [1.165, 1.54) is 0 Å². The summed E-state index contributed by atoms with van der Waals surface area (Å²) in [4.78, 5) is 8.39. The van der Waals surface area contributed by atoms with Gasteiger partial charge in [-0.25, -0.2) is 9.97 Å². The van der Waals surface area contributed by atoms with Gasteiger partial charge >= 0.3 is 0 Å². The maximum atomic E-state index is 5.72. The maximum Gasteiger partial charge on any atom is 0.161 e. The number of anilines is 1. The average molecular weight is 245 g/mol. The minimum atomic E-state index is 0.451. The van der Waals surface area contributed by atoms with Crippen molar-refractivity contribution in [2.75, 3.05) is 20.0 Å². The van der Waals surface area contributed by atoms with E-state index >= 15 is 0 Å². The summed E-state index contributed by atoms with van der Waals surface area (Å²) in [6.07, 6.45) is 0. The molecule has 0 bridgehead atoms. The minimum Gasteiger partial charge on any atom is -0.493 e. The SMILES string of the molecule is COc1ccc(-c2cc(N)nc(C)n2)cc1OC. The van der Waals surface area contributed by atoms with Gasteiger partial charge in [-0.2, -0.15) is 0 Å². The first kappa shape index (κ1) is 12.2. The van der Waals surface area contributed by atoms with Gasteiger partial charge < -0.3 is 15.2 Å². The lowest BCUT2D eigenvalue weighted by Crippen LogP contribution is -1.98. The van der Waals surface area contributed by atoms with Crippen LogP contribution in [0.3, 0.4) is 0 Å². The predicted octanol–water partition coefficient (Wildman–Crippen LogP) is 2.05. The van der Waals surface area contributed by atoms with Crippen LogP contribution in [0.1, 0.15) is 5.82 Å². The lowest BCUT2D eigenvalue weighted by molar-refractivity contribution is 0.355. The third-order valence-electron chi connectivity index (χ3n) is 2.54. The molecule has 1 heterocycles. The molecule has 1 aromatic heterocycles. The molecule has 94 valence electrons. The standard InChI is InChI=1S/C13H15N3O2/c1-8-15-10(7-13(14)16-8)9-4-5-11(17-2)12(6-9)18-3/h4-7H,1-3H3,(H2,14,15,16). The third-order valence-corrected chi connectivity index (χ3v) is 2.54. The van der Waals surface area contributed by atoms with Crippen molar-refractivity contribution in [3.63, 3.8) is 0 Å². The fourth-order valence-electron chi connectivity index (χ4n) is 1.73. The molecular weight excluding hydrogens is 230 g/mol. The topological polar surface area (TPSA) is 70.3 Å². The van der Waals surface area contributed by atoms with Crippen molar-refractivity contribution >= 4 is 5.82 Å². The average Bonchev–Trinajstić information content (AvgIpc) is 2.36. The number of rotatable bonds is 3. The van der Waals surface area contributed by atoms with Gasteiger partial charge in [-0.15, -0.1) is 0 Å². The number of hydrogen-bond donors (Lipinski definition) is 1. The Kier molecular flexibility index (Phi) is 3.32. The van der Waals surface area contributed by atoms with Gasteiger partial charge in [0.2, 0.25) is 0 Å². The molecule has 0 radical (unpaired) electrons. The Morgan fingerprint density at radius 1 is 1.00 bits per heavy atom. The number of methoxy groups -OCH3 is 2. The van der Waals surface area contributed by atoms with E-state index < -0.39 is 0 Å². The molecule has 2 N–H and O–H groups in total. The smallest absolute Gasteiger partial charge is 0.161 e. The molecular formula is C13H15N3O2. The highest BCUT2D eigenvalue weighted by atomic mass is 16.5. The lowest BCUT2D eigenvalue weighted by atomic mass is 10.1. The first-order valence-corrected chi connectivity index (χ1v) is 5.47. The fourth-order valence-corrected chi connectivity index (χ4v) is 1.73. The molecule has 18 heavy (non-hydrogen) atoms. The summed E-state index contributed by atoms with van der Waals surface area (Å²) in [5.41, 5.74) is 7.39. The molecule has 0 atom stereocenters. The number of nitrogens with two attached hydrogens (primary N) is 1. The van der Waals surface area contributed by atoms with E-state index in [1.54, 1.807) is 27.2 Å². The highest BCUT2D eigenvalue weighted by Gasteiger charge is 2.08. The van der Waals surface area contributed by atoms with Gasteiger partial charge in [-0.05, 0) is 25.1 Å². The Balaban J connectivity index is 2.50. The van der Waals surface area contributed by atoms with Gasteiger partial charge in [0.25, 0.3) is 0 Å². The van der Waals surface area contributed by atoms with Crippen LogP contribution in [0.15, 0.2) is 24.3 Å². The van der Waals surface area contributed by atoms with Crippen molar-refractivity contribution in [2.24, 2.45) is 0 Å². The maximum absolute atomic E-state index is 5.72. The molecule has 5 nitrogen and oxygen atoms in total. The summed E-state index contributed by atoms with van der Waals surface area (Å²) in [5.74, 6) is 2.43. The Labute approximate surface area is 106 Å². The Hall–Kier alpha value is -2.30. The van der Waals surface area contributed by atoms with Gasteiger partial charge in [-0.3, -0.25) is 0 Å². The second kappa shape index (κ2) is 4.91. The van der Waals surface area contributed by atoms with E-state index in [-0.39, 0.29) is 0 Å². The summed E-state index contributed by atoms with van der Waals surface area (Å²) in [7, 11) is 3.20. The second-order valence-electron chi connectivity index (χ2n) is 3.80. The van der Waals surface area contributed by atoms with Gasteiger partial charge in [-0.1, -0.05) is 0 Å². The number of aromatic nitrogens is 2. The third kappa shape index (κ3) is 2.34. The first-order chi connectivity index (χ1) is 8.63. The van der Waals surface area contributed by atoms with Crippen LogP contribution < -0.4 is 15.2 Å². The van der Waals surface area contributed by atoms with Gasteiger partial charge in [0.05, 0.1) is 19.9 Å². The van der Waals surface area contributed by atoms with Crippen LogP contribution >= 0.6 is 0 Å². The van der Waals surface area contributed by atoms with Crippen molar-refractivity contribution in [1.82, 2.24) is 9.97 Å². The number of nitrogen functional groups attached to an aromatic ring is 1. The zero-order valence-corrected chi connectivity index (χ0v) is 10.6. The number of hydrogen-bond acceptors (Lipinski definition) is 5. The molecule has 0 fully saturated rings. The highest BCUT2D eigenvalue weighted by Crippen LogP contribution is 2.31. The first-order valence-electron chi connectivity index (χ1n) is 5.47. The van der Waals surface area contributed by atoms with Crippen LogP contribution in [0, 0.1) is 6.92 Å². The molecule has 5 heteroatoms. The van der Waals surface area contributed by atoms with Crippen LogP contribution in [0.5, 0.6) is 11.5 Å². The molecule has 0 amide bonds. The molecule has 0 spiro atoms. The number of benzene rings is 1. The lowest BCUT2D eigenvalue weighted by Gasteiger charge is -2.09. The quantitative estimate of drug-likeness (QED) is 0.896. The molecule has 0 aliphatic carbocycles. The molecule has 2 rings (SSSR count). The molecule has 0 saturated carbocycles. The van der Waals surface area contributed by atoms with Crippen LogP contribution in [-0.2, 0) is 0 Å². The predicted molar refractivity (Wildman–Crippen MR) is 69.7 cm³/mol. The summed E-state index contributed by atoms with van der Waals surface area (Å²) < 4.78 is 10.5. The molecule has 0 aliphatic heterocycles. The van der Waals surface area contributed by atoms with Crippen molar-refractivity contribution in [3.8, 4) is 22.8 Å². The van der Waals surface area contributed by atoms with E-state index in [0.29, 0.717) is 23.1 Å². The number of ether oxygens (including phenoxy) is 2. The normalized spacial score (nSPS) is 10.2. The van der Waals surface area contributed by atoms with E-state index in [2.05, 4.69) is 9.97 Å². The Morgan fingerprint density at radius 2 is 1.72 bits per heavy atom. The van der Waals surface area contributed by atoms with Crippen molar-refractivity contribution in [2.45, 2.75) is 6.92 Å². The highest BCUT2D eigenvalue weighted by molar-refractivity contribution is 5.65. The Bertz CT molecular complexity index is 550. The summed E-state index contributed by atoms with van der Waals surface area (Å²) >= 11 is 0. The van der Waals surface area contributed by atoms with Crippen molar-refractivity contribution < 1.29 is 9.47 Å². The van der Waals surface area contributed by atoms with E-state index in [9.17, 15) is 0 Å². The molecule has 2 aromatic rings. The Morgan fingerprint density at radius 3 is 2.33 bits per heavy atom. The molecule has 0 aliphatic rings. The second-order valence-corrected chi connectivity index (χ2v) is 3.80. The largest absolute Gasteiger partial charge is 0.493 e. The van der Waals surface area contributed by atoms with Crippen LogP contribution in [0.4, 0.5) is 5.82 Å². The summed E-state index contributed by atoms with van der Waals surface area (Å²) in [5, 5.41) is 0. The monoisotopic (exact) mass is 245 g/mol.